The summed E-state index contributed by atoms with van der Waals surface area (Å²) in [6.45, 7) is 7.73. The highest BCUT2D eigenvalue weighted by Gasteiger charge is 2.27. The zero-order valence-corrected chi connectivity index (χ0v) is 17.0. The second-order valence-electron chi connectivity index (χ2n) is 6.90. The van der Waals surface area contributed by atoms with Crippen LogP contribution in [-0.4, -0.2) is 38.2 Å². The van der Waals surface area contributed by atoms with Crippen LogP contribution in [0.2, 0.25) is 0 Å². The second-order valence-corrected chi connectivity index (χ2v) is 6.90. The zero-order chi connectivity index (χ0) is 19.6. The van der Waals surface area contributed by atoms with E-state index in [4.69, 9.17) is 9.47 Å². The number of esters is 1. The molecule has 6 heteroatoms. The summed E-state index contributed by atoms with van der Waals surface area (Å²) in [5, 5.41) is 6.85. The van der Waals surface area contributed by atoms with E-state index in [9.17, 15) is 4.79 Å². The Hall–Kier alpha value is -2.24. The third kappa shape index (κ3) is 6.45. The quantitative estimate of drug-likeness (QED) is 0.435. The summed E-state index contributed by atoms with van der Waals surface area (Å²) in [7, 11) is 1.78. The molecule has 27 heavy (non-hydrogen) atoms. The van der Waals surface area contributed by atoms with Crippen LogP contribution in [0.4, 0.5) is 0 Å². The third-order valence-corrected chi connectivity index (χ3v) is 4.91. The number of rotatable bonds is 7. The molecule has 2 rings (SSSR count). The van der Waals surface area contributed by atoms with Crippen molar-refractivity contribution in [3.8, 4) is 5.75 Å². The number of nitrogens with one attached hydrogen (secondary N) is 2. The summed E-state index contributed by atoms with van der Waals surface area (Å²) >= 11 is 0. The first kappa shape index (κ1) is 21.1. The molecule has 0 atom stereocenters. The Balaban J connectivity index is 1.80. The molecule has 0 saturated heterocycles. The molecule has 0 amide bonds. The van der Waals surface area contributed by atoms with Crippen LogP contribution in [0.1, 0.15) is 50.7 Å². The molecular formula is C21H33N3O3. The van der Waals surface area contributed by atoms with E-state index in [0.717, 1.165) is 43.0 Å². The fourth-order valence-electron chi connectivity index (χ4n) is 3.45. The molecule has 150 valence electrons. The van der Waals surface area contributed by atoms with Crippen molar-refractivity contribution in [2.75, 3.05) is 20.3 Å². The van der Waals surface area contributed by atoms with Gasteiger partial charge in [-0.2, -0.15) is 0 Å². The molecular weight excluding hydrogens is 342 g/mol. The highest BCUT2D eigenvalue weighted by atomic mass is 16.5. The number of carbonyl (C=O) groups excluding carboxylic acids is 1. The van der Waals surface area contributed by atoms with Crippen LogP contribution in [0.25, 0.3) is 0 Å². The highest BCUT2D eigenvalue weighted by molar-refractivity contribution is 5.80. The van der Waals surface area contributed by atoms with Crippen LogP contribution in [0, 0.1) is 12.8 Å². The Kier molecular flexibility index (Phi) is 8.43. The van der Waals surface area contributed by atoms with Crippen LogP contribution in [0.5, 0.6) is 5.75 Å². The van der Waals surface area contributed by atoms with Gasteiger partial charge in [-0.05, 0) is 63.6 Å². The van der Waals surface area contributed by atoms with Gasteiger partial charge in [0.15, 0.2) is 5.96 Å². The molecule has 0 spiro atoms. The SMILES string of the molecule is CCOC(=O)C1CCC(NC(=NC)NCc2ccc(OCC)c(C)c2)CC1. The van der Waals surface area contributed by atoms with Gasteiger partial charge in [-0.25, -0.2) is 0 Å². The third-order valence-electron chi connectivity index (χ3n) is 4.91. The second kappa shape index (κ2) is 10.8. The van der Waals surface area contributed by atoms with Crippen molar-refractivity contribution >= 4 is 11.9 Å². The molecule has 1 saturated carbocycles. The molecule has 1 aromatic carbocycles. The first-order valence-corrected chi connectivity index (χ1v) is 9.93. The van der Waals surface area contributed by atoms with Gasteiger partial charge in [0, 0.05) is 19.6 Å². The smallest absolute Gasteiger partial charge is 0.308 e. The van der Waals surface area contributed by atoms with Crippen LogP contribution < -0.4 is 15.4 Å². The van der Waals surface area contributed by atoms with E-state index in [1.54, 1.807) is 7.05 Å². The average Bonchev–Trinajstić information content (AvgIpc) is 2.68. The van der Waals surface area contributed by atoms with Crippen LogP contribution >= 0.6 is 0 Å². The largest absolute Gasteiger partial charge is 0.494 e. The number of aryl methyl sites for hydroxylation is 1. The van der Waals surface area contributed by atoms with Crippen molar-refractivity contribution in [1.82, 2.24) is 10.6 Å². The number of benzene rings is 1. The summed E-state index contributed by atoms with van der Waals surface area (Å²) in [6, 6.07) is 6.56. The fraction of sp³-hybridized carbons (Fsp3) is 0.619. The van der Waals surface area contributed by atoms with Gasteiger partial charge in [-0.1, -0.05) is 12.1 Å². The number of ether oxygens (including phenoxy) is 2. The molecule has 0 aromatic heterocycles. The van der Waals surface area contributed by atoms with Crippen LogP contribution in [0.15, 0.2) is 23.2 Å². The highest BCUT2D eigenvalue weighted by Crippen LogP contribution is 2.25. The van der Waals surface area contributed by atoms with Gasteiger partial charge in [0.25, 0.3) is 0 Å². The van der Waals surface area contributed by atoms with Gasteiger partial charge in [-0.3, -0.25) is 9.79 Å². The van der Waals surface area contributed by atoms with Crippen LogP contribution in [-0.2, 0) is 16.1 Å². The van der Waals surface area contributed by atoms with Gasteiger partial charge in [-0.15, -0.1) is 0 Å². The predicted octanol–water partition coefficient (Wildman–Crippen LogP) is 3.18. The molecule has 0 aliphatic heterocycles. The van der Waals surface area contributed by atoms with E-state index in [-0.39, 0.29) is 11.9 Å². The molecule has 0 heterocycles. The van der Waals surface area contributed by atoms with Crippen molar-refractivity contribution in [3.05, 3.63) is 29.3 Å². The minimum Gasteiger partial charge on any atom is -0.494 e. The molecule has 0 unspecified atom stereocenters. The van der Waals surface area contributed by atoms with Gasteiger partial charge in [0.05, 0.1) is 19.1 Å². The molecule has 6 nitrogen and oxygen atoms in total. The topological polar surface area (TPSA) is 72.0 Å². The average molecular weight is 376 g/mol. The van der Waals surface area contributed by atoms with E-state index in [0.29, 0.717) is 25.8 Å². The van der Waals surface area contributed by atoms with Gasteiger partial charge >= 0.3 is 5.97 Å². The van der Waals surface area contributed by atoms with E-state index < -0.39 is 0 Å². The number of aliphatic imine (C=N–C) groups is 1. The lowest BCUT2D eigenvalue weighted by Gasteiger charge is -2.29. The summed E-state index contributed by atoms with van der Waals surface area (Å²) in [5.74, 6) is 1.72. The first-order chi connectivity index (χ1) is 13.1. The van der Waals surface area contributed by atoms with Crippen molar-refractivity contribution in [1.29, 1.82) is 0 Å². The predicted molar refractivity (Wildman–Crippen MR) is 108 cm³/mol. The van der Waals surface area contributed by atoms with E-state index in [1.807, 2.05) is 19.9 Å². The summed E-state index contributed by atoms with van der Waals surface area (Å²) in [4.78, 5) is 16.2. The lowest BCUT2D eigenvalue weighted by Crippen LogP contribution is -2.45. The summed E-state index contributed by atoms with van der Waals surface area (Å²) in [5.41, 5.74) is 2.32. The first-order valence-electron chi connectivity index (χ1n) is 9.93. The lowest BCUT2D eigenvalue weighted by atomic mass is 9.86. The van der Waals surface area contributed by atoms with Crippen molar-refractivity contribution < 1.29 is 14.3 Å². The lowest BCUT2D eigenvalue weighted by molar-refractivity contribution is -0.149. The maximum Gasteiger partial charge on any atom is 0.308 e. The molecule has 1 aromatic rings. The minimum absolute atomic E-state index is 0.0461. The van der Waals surface area contributed by atoms with E-state index >= 15 is 0 Å². The monoisotopic (exact) mass is 375 g/mol. The fourth-order valence-corrected chi connectivity index (χ4v) is 3.45. The normalized spacial score (nSPS) is 20.1. The van der Waals surface area contributed by atoms with Gasteiger partial charge < -0.3 is 20.1 Å². The van der Waals surface area contributed by atoms with Crippen LogP contribution in [0.3, 0.4) is 0 Å². The Bertz CT molecular complexity index is 638. The number of guanidine groups is 1. The van der Waals surface area contributed by atoms with Gasteiger partial charge in [0.1, 0.15) is 5.75 Å². The Morgan fingerprint density at radius 2 is 1.93 bits per heavy atom. The molecule has 1 fully saturated rings. The Morgan fingerprint density at radius 1 is 1.19 bits per heavy atom. The maximum absolute atomic E-state index is 11.8. The Morgan fingerprint density at radius 3 is 2.52 bits per heavy atom. The molecule has 0 radical (unpaired) electrons. The number of nitrogens with zero attached hydrogens (tertiary/aromatic N) is 1. The molecule has 2 N–H and O–H groups in total. The number of hydrogen-bond acceptors (Lipinski definition) is 4. The van der Waals surface area contributed by atoms with Crippen molar-refractivity contribution in [3.63, 3.8) is 0 Å². The number of hydrogen-bond donors (Lipinski definition) is 2. The molecule has 0 bridgehead atoms. The van der Waals surface area contributed by atoms with Crippen molar-refractivity contribution in [2.45, 2.75) is 59.0 Å². The zero-order valence-electron chi connectivity index (χ0n) is 17.0. The maximum atomic E-state index is 11.8. The summed E-state index contributed by atoms with van der Waals surface area (Å²) < 4.78 is 10.7. The van der Waals surface area contributed by atoms with E-state index in [1.165, 1.54) is 5.56 Å². The van der Waals surface area contributed by atoms with E-state index in [2.05, 4.69) is 34.7 Å². The minimum atomic E-state index is -0.0515. The summed E-state index contributed by atoms with van der Waals surface area (Å²) in [6.07, 6.45) is 3.63. The Labute approximate surface area is 162 Å². The van der Waals surface area contributed by atoms with Crippen molar-refractivity contribution in [2.24, 2.45) is 10.9 Å². The number of carbonyl (C=O) groups is 1. The molecule has 1 aliphatic rings. The van der Waals surface area contributed by atoms with Gasteiger partial charge in [0.2, 0.25) is 0 Å². The molecule has 1 aliphatic carbocycles. The standard InChI is InChI=1S/C21H33N3O3/c1-5-26-19-12-7-16(13-15(19)3)14-23-21(22-4)24-18-10-8-17(9-11-18)20(25)27-6-2/h7,12-13,17-18H,5-6,8-11,14H2,1-4H3,(H2,22,23,24).